The molecule has 0 aliphatic rings. The first-order chi connectivity index (χ1) is 12.2. The van der Waals surface area contributed by atoms with E-state index in [-0.39, 0.29) is 28.7 Å². The highest BCUT2D eigenvalue weighted by atomic mass is 35.5. The molecule has 8 heteroatoms. The molecule has 0 spiro atoms. The van der Waals surface area contributed by atoms with Crippen LogP contribution < -0.4 is 5.32 Å². The van der Waals surface area contributed by atoms with Gasteiger partial charge in [0.25, 0.3) is 5.91 Å². The van der Waals surface area contributed by atoms with E-state index in [4.69, 9.17) is 16.3 Å². The van der Waals surface area contributed by atoms with Crippen molar-refractivity contribution >= 4 is 29.2 Å². The number of benzene rings is 1. The molecule has 1 unspecified atom stereocenters. The van der Waals surface area contributed by atoms with Crippen molar-refractivity contribution in [3.8, 4) is 0 Å². The molecule has 1 aromatic heterocycles. The Bertz CT molecular complexity index is 863. The molecule has 1 heterocycles. The maximum absolute atomic E-state index is 13.4. The van der Waals surface area contributed by atoms with Crippen LogP contribution in [0.3, 0.4) is 0 Å². The number of aromatic nitrogens is 1. The summed E-state index contributed by atoms with van der Waals surface area (Å²) in [6.45, 7) is 4.94. The van der Waals surface area contributed by atoms with Crippen molar-refractivity contribution in [1.82, 2.24) is 4.57 Å². The lowest BCUT2D eigenvalue weighted by atomic mass is 10.1. The number of aliphatic hydroxyl groups excluding tert-OH is 1. The molecule has 26 heavy (non-hydrogen) atoms. The summed E-state index contributed by atoms with van der Waals surface area (Å²) in [6, 6.07) is 4.18. The van der Waals surface area contributed by atoms with Gasteiger partial charge in [-0.1, -0.05) is 11.6 Å². The third-order valence-corrected chi connectivity index (χ3v) is 4.46. The van der Waals surface area contributed by atoms with Crippen LogP contribution >= 0.6 is 11.6 Å². The second-order valence-electron chi connectivity index (χ2n) is 5.79. The molecule has 0 fully saturated rings. The average Bonchev–Trinajstić information content (AvgIpc) is 2.80. The van der Waals surface area contributed by atoms with Crippen LogP contribution in [0.5, 0.6) is 0 Å². The van der Waals surface area contributed by atoms with Gasteiger partial charge in [-0.3, -0.25) is 4.79 Å². The molecule has 6 nitrogen and oxygen atoms in total. The second-order valence-corrected chi connectivity index (χ2v) is 6.17. The van der Waals surface area contributed by atoms with E-state index in [1.54, 1.807) is 27.8 Å². The lowest BCUT2D eigenvalue weighted by Gasteiger charge is -2.12. The second kappa shape index (κ2) is 7.88. The SMILES string of the molecule is CCOC(=O)C(O)c1c(Cl)c(C(=O)Nc2ccc(F)c(C)c2)c(C)n1C. The summed E-state index contributed by atoms with van der Waals surface area (Å²) >= 11 is 6.28. The Hall–Kier alpha value is -2.38. The molecular weight excluding hydrogens is 363 g/mol. The van der Waals surface area contributed by atoms with E-state index in [1.165, 1.54) is 22.8 Å². The smallest absolute Gasteiger partial charge is 0.341 e. The van der Waals surface area contributed by atoms with Crippen LogP contribution in [0.4, 0.5) is 10.1 Å². The van der Waals surface area contributed by atoms with Gasteiger partial charge in [-0.25, -0.2) is 9.18 Å². The molecule has 0 bridgehead atoms. The standard InChI is InChI=1S/C18H20ClFN2O4/c1-5-26-18(25)16(23)15-14(19)13(10(3)22(15)4)17(24)21-11-6-7-12(20)9(2)8-11/h6-8,16,23H,5H2,1-4H3,(H,21,24). The van der Waals surface area contributed by atoms with Crippen molar-refractivity contribution in [2.24, 2.45) is 7.05 Å². The lowest BCUT2D eigenvalue weighted by Crippen LogP contribution is -2.18. The van der Waals surface area contributed by atoms with Gasteiger partial charge in [0.05, 0.1) is 22.9 Å². The minimum absolute atomic E-state index is 0.0399. The maximum atomic E-state index is 13.4. The predicted octanol–water partition coefficient (Wildman–Crippen LogP) is 3.28. The Morgan fingerprint density at radius 2 is 2.04 bits per heavy atom. The third kappa shape index (κ3) is 3.73. The molecule has 0 saturated heterocycles. The van der Waals surface area contributed by atoms with Crippen LogP contribution in [0.2, 0.25) is 5.02 Å². The van der Waals surface area contributed by atoms with Crippen LogP contribution in [0, 0.1) is 19.7 Å². The topological polar surface area (TPSA) is 80.6 Å². The molecule has 2 rings (SSSR count). The minimum atomic E-state index is -1.61. The van der Waals surface area contributed by atoms with E-state index < -0.39 is 18.0 Å². The van der Waals surface area contributed by atoms with Crippen molar-refractivity contribution in [3.63, 3.8) is 0 Å². The minimum Gasteiger partial charge on any atom is -0.464 e. The van der Waals surface area contributed by atoms with Gasteiger partial charge in [-0.2, -0.15) is 0 Å². The lowest BCUT2D eigenvalue weighted by molar-refractivity contribution is -0.153. The molecule has 0 radical (unpaired) electrons. The quantitative estimate of drug-likeness (QED) is 0.777. The number of anilines is 1. The first-order valence-electron chi connectivity index (χ1n) is 7.95. The zero-order valence-corrected chi connectivity index (χ0v) is 15.6. The van der Waals surface area contributed by atoms with E-state index in [0.29, 0.717) is 16.9 Å². The van der Waals surface area contributed by atoms with Gasteiger partial charge in [0.2, 0.25) is 0 Å². The normalized spacial score (nSPS) is 12.0. The number of carbonyl (C=O) groups excluding carboxylic acids is 2. The summed E-state index contributed by atoms with van der Waals surface area (Å²) in [5, 5.41) is 12.8. The van der Waals surface area contributed by atoms with Gasteiger partial charge in [0.15, 0.2) is 6.10 Å². The van der Waals surface area contributed by atoms with Crippen LogP contribution in [-0.2, 0) is 16.6 Å². The van der Waals surface area contributed by atoms with Crippen molar-refractivity contribution in [2.75, 3.05) is 11.9 Å². The Morgan fingerprint density at radius 3 is 2.62 bits per heavy atom. The van der Waals surface area contributed by atoms with Crippen LogP contribution in [0.25, 0.3) is 0 Å². The first kappa shape index (κ1) is 19.9. The summed E-state index contributed by atoms with van der Waals surface area (Å²) in [7, 11) is 1.58. The number of aryl methyl sites for hydroxylation is 1. The Balaban J connectivity index is 2.37. The average molecular weight is 383 g/mol. The van der Waals surface area contributed by atoms with Gasteiger partial charge < -0.3 is 19.7 Å². The summed E-state index contributed by atoms with van der Waals surface area (Å²) in [5.74, 6) is -1.76. The molecule has 0 saturated carbocycles. The molecule has 2 N–H and O–H groups in total. The van der Waals surface area contributed by atoms with Crippen molar-refractivity contribution in [2.45, 2.75) is 26.9 Å². The number of esters is 1. The molecule has 1 atom stereocenters. The maximum Gasteiger partial charge on any atom is 0.341 e. The van der Waals surface area contributed by atoms with Gasteiger partial charge in [-0.15, -0.1) is 0 Å². The molecule has 1 amide bonds. The highest BCUT2D eigenvalue weighted by Crippen LogP contribution is 2.32. The first-order valence-corrected chi connectivity index (χ1v) is 8.33. The van der Waals surface area contributed by atoms with E-state index in [1.807, 2.05) is 0 Å². The summed E-state index contributed by atoms with van der Waals surface area (Å²) in [5.41, 5.74) is 1.44. The van der Waals surface area contributed by atoms with Gasteiger partial charge in [0, 0.05) is 18.4 Å². The highest BCUT2D eigenvalue weighted by molar-refractivity contribution is 6.35. The van der Waals surface area contributed by atoms with E-state index in [9.17, 15) is 19.1 Å². The highest BCUT2D eigenvalue weighted by Gasteiger charge is 2.31. The van der Waals surface area contributed by atoms with Crippen molar-refractivity contribution < 1.29 is 23.8 Å². The molecular formula is C18H20ClFN2O4. The van der Waals surface area contributed by atoms with Gasteiger partial charge >= 0.3 is 5.97 Å². The van der Waals surface area contributed by atoms with Crippen LogP contribution in [-0.4, -0.2) is 28.2 Å². The Morgan fingerprint density at radius 1 is 1.38 bits per heavy atom. The fourth-order valence-corrected chi connectivity index (χ4v) is 3.05. The van der Waals surface area contributed by atoms with Gasteiger partial charge in [0.1, 0.15) is 5.82 Å². The summed E-state index contributed by atoms with van der Waals surface area (Å²) < 4.78 is 19.6. The summed E-state index contributed by atoms with van der Waals surface area (Å²) in [6.07, 6.45) is -1.61. The summed E-state index contributed by atoms with van der Waals surface area (Å²) in [4.78, 5) is 24.5. The van der Waals surface area contributed by atoms with Crippen molar-refractivity contribution in [1.29, 1.82) is 0 Å². The monoisotopic (exact) mass is 382 g/mol. The van der Waals surface area contributed by atoms with E-state index in [0.717, 1.165) is 0 Å². The number of rotatable bonds is 5. The largest absolute Gasteiger partial charge is 0.464 e. The number of ether oxygens (including phenoxy) is 1. The Kier molecular flexibility index (Phi) is 6.05. The number of nitrogens with zero attached hydrogens (tertiary/aromatic N) is 1. The number of nitrogens with one attached hydrogen (secondary N) is 1. The van der Waals surface area contributed by atoms with E-state index >= 15 is 0 Å². The van der Waals surface area contributed by atoms with Crippen LogP contribution in [0.15, 0.2) is 18.2 Å². The zero-order chi connectivity index (χ0) is 19.6. The number of aliphatic hydroxyl groups is 1. The molecule has 0 aliphatic carbocycles. The number of halogens is 2. The predicted molar refractivity (Wildman–Crippen MR) is 95.8 cm³/mol. The van der Waals surface area contributed by atoms with Gasteiger partial charge in [-0.05, 0) is 44.5 Å². The number of hydrogen-bond acceptors (Lipinski definition) is 4. The van der Waals surface area contributed by atoms with Crippen LogP contribution in [0.1, 0.15) is 40.3 Å². The number of hydrogen-bond donors (Lipinski definition) is 2. The third-order valence-electron chi connectivity index (χ3n) is 4.08. The number of amides is 1. The Labute approximate surface area is 155 Å². The number of carbonyl (C=O) groups is 2. The molecule has 140 valence electrons. The fraction of sp³-hybridized carbons (Fsp3) is 0.333. The molecule has 0 aliphatic heterocycles. The fourth-order valence-electron chi connectivity index (χ4n) is 2.60. The van der Waals surface area contributed by atoms with Crippen molar-refractivity contribution in [3.05, 3.63) is 51.6 Å². The molecule has 2 aromatic rings. The molecule has 1 aromatic carbocycles. The van der Waals surface area contributed by atoms with E-state index in [2.05, 4.69) is 5.32 Å². The zero-order valence-electron chi connectivity index (χ0n) is 14.9.